The van der Waals surface area contributed by atoms with Gasteiger partial charge in [0.1, 0.15) is 36.1 Å². The summed E-state index contributed by atoms with van der Waals surface area (Å²) < 4.78 is 21.7. The van der Waals surface area contributed by atoms with Crippen molar-refractivity contribution in [1.29, 1.82) is 0 Å². The van der Waals surface area contributed by atoms with Crippen molar-refractivity contribution in [3.05, 3.63) is 102 Å². The number of hydrogen-bond acceptors (Lipinski definition) is 10. The molecule has 6 atom stereocenters. The molecule has 6 aromatic rings. The molecule has 16 nitrogen and oxygen atoms in total. The van der Waals surface area contributed by atoms with E-state index >= 15 is 0 Å². The number of fused-ring (bicyclic) bond motifs is 6. The van der Waals surface area contributed by atoms with E-state index in [0.717, 1.165) is 68.3 Å². The fourth-order valence-corrected chi connectivity index (χ4v) is 9.83. The predicted molar refractivity (Wildman–Crippen MR) is 243 cm³/mol. The topological polar surface area (TPSA) is 193 Å². The summed E-state index contributed by atoms with van der Waals surface area (Å²) in [6.07, 6.45) is 2.66. The smallest absolute Gasteiger partial charge is 0.407 e. The van der Waals surface area contributed by atoms with Crippen molar-refractivity contribution in [2.24, 2.45) is 11.8 Å². The first-order valence-corrected chi connectivity index (χ1v) is 22.1. The average molecular weight is 883 g/mol. The van der Waals surface area contributed by atoms with E-state index < -0.39 is 30.3 Å². The molecular formula is C49H54N8O8. The van der Waals surface area contributed by atoms with Crippen LogP contribution in [-0.4, -0.2) is 100 Å². The third-order valence-corrected chi connectivity index (χ3v) is 13.1. The number of amides is 4. The van der Waals surface area contributed by atoms with Crippen LogP contribution in [0.1, 0.15) is 80.9 Å². The van der Waals surface area contributed by atoms with Gasteiger partial charge in [-0.3, -0.25) is 9.59 Å². The first kappa shape index (κ1) is 43.3. The van der Waals surface area contributed by atoms with Crippen LogP contribution < -0.4 is 15.4 Å². The number of benzene rings is 4. The zero-order valence-corrected chi connectivity index (χ0v) is 37.3. The average Bonchev–Trinajstić information content (AvgIpc) is 4.15. The van der Waals surface area contributed by atoms with Crippen molar-refractivity contribution in [3.8, 4) is 28.1 Å². The molecule has 3 aliphatic heterocycles. The summed E-state index contributed by atoms with van der Waals surface area (Å²) in [5.41, 5.74) is 7.09. The highest BCUT2D eigenvalue weighted by atomic mass is 16.5. The Labute approximate surface area is 376 Å². The molecule has 65 heavy (non-hydrogen) atoms. The van der Waals surface area contributed by atoms with E-state index in [4.69, 9.17) is 28.9 Å². The lowest BCUT2D eigenvalue weighted by atomic mass is 9.92. The summed E-state index contributed by atoms with van der Waals surface area (Å²) in [4.78, 5) is 73.5. The van der Waals surface area contributed by atoms with Gasteiger partial charge in [0, 0.05) is 36.6 Å². The van der Waals surface area contributed by atoms with Crippen LogP contribution in [0.3, 0.4) is 0 Å². The molecule has 0 saturated carbocycles. The molecule has 4 aromatic carbocycles. The number of nitrogens with zero attached hydrogens (tertiary/aromatic N) is 4. The van der Waals surface area contributed by atoms with E-state index in [-0.39, 0.29) is 35.7 Å². The SMILES string of the molecule is COCC1CC(c2nc3c(ccc4cc5c(cc43)OCc3cc(-c4cnc(C6CCC(C)N6C(=O)C(NC(=O)OC)C(C)C)[nH]4)ccc3-5)[nH]2)N(C(=O)C(NC(=O)OC)c2ccccc2)C1. The fraction of sp³-hybridized carbons (Fsp3) is 0.388. The summed E-state index contributed by atoms with van der Waals surface area (Å²) in [6.45, 7) is 7.10. The van der Waals surface area contributed by atoms with Crippen molar-refractivity contribution >= 4 is 45.8 Å². The highest BCUT2D eigenvalue weighted by Crippen LogP contribution is 2.44. The number of imidazole rings is 2. The van der Waals surface area contributed by atoms with E-state index in [1.807, 2.05) is 74.3 Å². The second kappa shape index (κ2) is 17.9. The third-order valence-electron chi connectivity index (χ3n) is 13.1. The molecule has 4 N–H and O–H groups in total. The number of likely N-dealkylation sites (tertiary alicyclic amines) is 2. The lowest BCUT2D eigenvalue weighted by Crippen LogP contribution is -2.52. The first-order valence-electron chi connectivity index (χ1n) is 22.1. The second-order valence-corrected chi connectivity index (χ2v) is 17.6. The lowest BCUT2D eigenvalue weighted by molar-refractivity contribution is -0.137. The quantitative estimate of drug-likeness (QED) is 0.100. The van der Waals surface area contributed by atoms with Crippen LogP contribution in [0.2, 0.25) is 0 Å². The Morgan fingerprint density at radius 3 is 2.40 bits per heavy atom. The maximum atomic E-state index is 14.4. The maximum Gasteiger partial charge on any atom is 0.407 e. The number of rotatable bonds is 11. The van der Waals surface area contributed by atoms with E-state index in [9.17, 15) is 19.2 Å². The van der Waals surface area contributed by atoms with Crippen LogP contribution in [0.25, 0.3) is 44.2 Å². The Bertz CT molecular complexity index is 2770. The van der Waals surface area contributed by atoms with Crippen molar-refractivity contribution in [1.82, 2.24) is 40.4 Å². The van der Waals surface area contributed by atoms with Gasteiger partial charge < -0.3 is 49.3 Å². The minimum Gasteiger partial charge on any atom is -0.488 e. The van der Waals surface area contributed by atoms with Gasteiger partial charge in [-0.15, -0.1) is 0 Å². The standard InChI is InChI=1S/C49H54N8O8/c1-26(2)41(54-48(60)63-5)47(59)57-27(3)12-17-38(57)44-50-22-37(52-44)31-13-15-33-32(19-31)25-65-40-21-34-30(20-35(33)40)14-16-36-43(34)53-45(51-36)39-18-28(24-62-4)23-56(39)46(58)42(55-49(61)64-6)29-10-8-7-9-11-29/h7-11,13-16,19-22,26-28,38-39,41-42H,12,17-18,23-25H2,1-6H3,(H,50,52)(H,51,53)(H,54,60)(H,55,61). The fourth-order valence-electron chi connectivity index (χ4n) is 9.83. The van der Waals surface area contributed by atoms with Crippen molar-refractivity contribution in [3.63, 3.8) is 0 Å². The van der Waals surface area contributed by atoms with Crippen LogP contribution >= 0.6 is 0 Å². The van der Waals surface area contributed by atoms with Crippen LogP contribution in [0.4, 0.5) is 9.59 Å². The highest BCUT2D eigenvalue weighted by molar-refractivity contribution is 6.07. The van der Waals surface area contributed by atoms with Crippen LogP contribution in [0.5, 0.6) is 5.75 Å². The molecule has 0 bridgehead atoms. The monoisotopic (exact) mass is 882 g/mol. The highest BCUT2D eigenvalue weighted by Gasteiger charge is 2.43. The van der Waals surface area contributed by atoms with Crippen LogP contribution in [-0.2, 0) is 30.4 Å². The van der Waals surface area contributed by atoms with E-state index in [1.165, 1.54) is 14.2 Å². The molecule has 2 aromatic heterocycles. The molecule has 0 radical (unpaired) electrons. The van der Waals surface area contributed by atoms with Crippen LogP contribution in [0, 0.1) is 11.8 Å². The number of aromatic nitrogens is 4. The molecule has 0 aliphatic carbocycles. The molecule has 2 saturated heterocycles. The Kier molecular flexibility index (Phi) is 11.9. The Morgan fingerprint density at radius 1 is 0.862 bits per heavy atom. The molecule has 4 amide bonds. The summed E-state index contributed by atoms with van der Waals surface area (Å²) in [5.74, 6) is 1.60. The minimum atomic E-state index is -0.955. The normalized spacial score (nSPS) is 20.0. The maximum absolute atomic E-state index is 14.4. The van der Waals surface area contributed by atoms with Crippen molar-refractivity contribution < 1.29 is 38.1 Å². The number of nitrogens with one attached hydrogen (secondary N) is 4. The largest absolute Gasteiger partial charge is 0.488 e. The summed E-state index contributed by atoms with van der Waals surface area (Å²) in [5, 5.41) is 7.38. The van der Waals surface area contributed by atoms with Crippen LogP contribution in [0.15, 0.2) is 79.0 Å². The van der Waals surface area contributed by atoms with Gasteiger partial charge in [-0.25, -0.2) is 19.6 Å². The van der Waals surface area contributed by atoms with Gasteiger partial charge in [-0.05, 0) is 84.0 Å². The third kappa shape index (κ3) is 8.22. The number of carbonyl (C=O) groups excluding carboxylic acids is 4. The summed E-state index contributed by atoms with van der Waals surface area (Å²) in [6, 6.07) is 21.4. The van der Waals surface area contributed by atoms with Gasteiger partial charge >= 0.3 is 12.2 Å². The van der Waals surface area contributed by atoms with E-state index in [2.05, 4.69) is 50.9 Å². The van der Waals surface area contributed by atoms with E-state index in [1.54, 1.807) is 12.0 Å². The molecule has 5 heterocycles. The molecule has 16 heteroatoms. The number of H-pyrrole nitrogens is 2. The first-order chi connectivity index (χ1) is 31.5. The zero-order valence-electron chi connectivity index (χ0n) is 37.3. The van der Waals surface area contributed by atoms with E-state index in [0.29, 0.717) is 43.4 Å². The van der Waals surface area contributed by atoms with Gasteiger partial charge in [0.15, 0.2) is 0 Å². The zero-order chi connectivity index (χ0) is 45.5. The Balaban J connectivity index is 0.981. The van der Waals surface area contributed by atoms with Gasteiger partial charge in [0.25, 0.3) is 5.91 Å². The predicted octanol–water partition coefficient (Wildman–Crippen LogP) is 7.73. The number of alkyl carbamates (subject to hydrolysis) is 2. The second-order valence-electron chi connectivity index (χ2n) is 17.6. The summed E-state index contributed by atoms with van der Waals surface area (Å²) >= 11 is 0. The Hall–Kier alpha value is -6.94. The van der Waals surface area contributed by atoms with Gasteiger partial charge in [-0.1, -0.05) is 62.4 Å². The Morgan fingerprint density at radius 2 is 1.65 bits per heavy atom. The van der Waals surface area contributed by atoms with Gasteiger partial charge in [-0.2, -0.15) is 0 Å². The lowest BCUT2D eigenvalue weighted by Gasteiger charge is -2.32. The number of carbonyl (C=O) groups is 4. The number of hydrogen-bond donors (Lipinski definition) is 4. The summed E-state index contributed by atoms with van der Waals surface area (Å²) in [7, 11) is 4.22. The van der Waals surface area contributed by atoms with Crippen molar-refractivity contribution in [2.75, 3.05) is 34.5 Å². The molecule has 6 unspecified atom stereocenters. The molecule has 3 aliphatic rings. The molecule has 2 fully saturated rings. The van der Waals surface area contributed by atoms with Crippen molar-refractivity contribution in [2.45, 2.75) is 76.8 Å². The number of ether oxygens (including phenoxy) is 4. The number of aromatic amines is 2. The molecular weight excluding hydrogens is 829 g/mol. The van der Waals surface area contributed by atoms with Gasteiger partial charge in [0.05, 0.1) is 55.8 Å². The molecule has 9 rings (SSSR count). The minimum absolute atomic E-state index is 0.0245. The van der Waals surface area contributed by atoms with Gasteiger partial charge in [0.2, 0.25) is 5.91 Å². The molecule has 0 spiro atoms. The molecule has 338 valence electrons. The number of methoxy groups -OCH3 is 3.